The van der Waals surface area contributed by atoms with Crippen LogP contribution in [-0.2, 0) is 10.8 Å². The standard InChI is InChI=1S/C13H9F3N2O2S/c14-13(15,16)21(20)10-6-4-9(5-7-10)18-12(19)11-3-1-2-8-17-11/h1-8H,(H,18,19)/t21-/m1/s1. The van der Waals surface area contributed by atoms with Crippen LogP contribution in [0.25, 0.3) is 0 Å². The molecule has 0 radical (unpaired) electrons. The first kappa shape index (κ1) is 15.2. The normalized spacial score (nSPS) is 12.7. The highest BCUT2D eigenvalue weighted by atomic mass is 32.2. The van der Waals surface area contributed by atoms with Crippen LogP contribution >= 0.6 is 0 Å². The Labute approximate surface area is 120 Å². The number of anilines is 1. The molecule has 0 unspecified atom stereocenters. The average molecular weight is 314 g/mol. The van der Waals surface area contributed by atoms with Gasteiger partial charge in [-0.1, -0.05) is 6.07 Å². The van der Waals surface area contributed by atoms with Crippen molar-refractivity contribution in [3.63, 3.8) is 0 Å². The SMILES string of the molecule is O=C(Nc1ccc([S@@](=O)C(F)(F)F)cc1)c1ccccn1. The zero-order valence-corrected chi connectivity index (χ0v) is 11.2. The van der Waals surface area contributed by atoms with Gasteiger partial charge >= 0.3 is 5.51 Å². The number of rotatable bonds is 3. The Morgan fingerprint density at radius 2 is 1.76 bits per heavy atom. The number of nitrogens with one attached hydrogen (secondary N) is 1. The molecule has 0 aliphatic heterocycles. The number of carbonyl (C=O) groups is 1. The van der Waals surface area contributed by atoms with E-state index >= 15 is 0 Å². The minimum absolute atomic E-state index is 0.181. The minimum atomic E-state index is -4.81. The van der Waals surface area contributed by atoms with E-state index in [1.165, 1.54) is 24.4 Å². The summed E-state index contributed by atoms with van der Waals surface area (Å²) >= 11 is 0. The molecule has 0 fully saturated rings. The third kappa shape index (κ3) is 3.88. The smallest absolute Gasteiger partial charge is 0.321 e. The summed E-state index contributed by atoms with van der Waals surface area (Å²) in [7, 11) is -3.08. The first-order valence-corrected chi connectivity index (χ1v) is 6.84. The molecule has 8 heteroatoms. The van der Waals surface area contributed by atoms with Gasteiger partial charge in [-0.2, -0.15) is 13.2 Å². The zero-order chi connectivity index (χ0) is 15.5. The van der Waals surface area contributed by atoms with Gasteiger partial charge in [0.2, 0.25) is 0 Å². The van der Waals surface area contributed by atoms with Crippen LogP contribution in [0.1, 0.15) is 10.5 Å². The molecule has 21 heavy (non-hydrogen) atoms. The Kier molecular flexibility index (Phi) is 4.37. The van der Waals surface area contributed by atoms with Gasteiger partial charge in [0.25, 0.3) is 5.91 Å². The van der Waals surface area contributed by atoms with Gasteiger partial charge in [-0.05, 0) is 36.4 Å². The molecule has 1 aromatic heterocycles. The largest absolute Gasteiger partial charge is 0.475 e. The van der Waals surface area contributed by atoms with Gasteiger partial charge in [-0.3, -0.25) is 9.78 Å². The number of benzene rings is 1. The highest BCUT2D eigenvalue weighted by Crippen LogP contribution is 2.26. The Morgan fingerprint density at radius 1 is 1.10 bits per heavy atom. The molecule has 2 rings (SSSR count). The Morgan fingerprint density at radius 3 is 2.29 bits per heavy atom. The molecule has 0 bridgehead atoms. The number of hydrogen-bond donors (Lipinski definition) is 1. The molecule has 1 aromatic carbocycles. The predicted octanol–water partition coefficient (Wildman–Crippen LogP) is 2.96. The summed E-state index contributed by atoms with van der Waals surface area (Å²) in [5.74, 6) is -0.486. The summed E-state index contributed by atoms with van der Waals surface area (Å²) in [6, 6.07) is 9.40. The molecule has 0 saturated carbocycles. The lowest BCUT2D eigenvalue weighted by Gasteiger charge is -2.08. The van der Waals surface area contributed by atoms with E-state index in [4.69, 9.17) is 0 Å². The Balaban J connectivity index is 2.10. The molecule has 0 spiro atoms. The summed E-state index contributed by atoms with van der Waals surface area (Å²) in [4.78, 5) is 15.2. The molecular weight excluding hydrogens is 305 g/mol. The third-order valence-corrected chi connectivity index (χ3v) is 3.55. The van der Waals surface area contributed by atoms with E-state index in [2.05, 4.69) is 10.3 Å². The highest BCUT2D eigenvalue weighted by Gasteiger charge is 2.37. The van der Waals surface area contributed by atoms with Crippen molar-refractivity contribution in [2.24, 2.45) is 0 Å². The maximum Gasteiger partial charge on any atom is 0.475 e. The number of amides is 1. The van der Waals surface area contributed by atoms with Crippen molar-refractivity contribution in [2.45, 2.75) is 10.4 Å². The van der Waals surface area contributed by atoms with Gasteiger partial charge in [-0.15, -0.1) is 0 Å². The van der Waals surface area contributed by atoms with Crippen molar-refractivity contribution < 1.29 is 22.2 Å². The molecule has 2 aromatic rings. The van der Waals surface area contributed by atoms with E-state index in [1.807, 2.05) is 0 Å². The van der Waals surface area contributed by atoms with Crippen molar-refractivity contribution in [3.8, 4) is 0 Å². The van der Waals surface area contributed by atoms with Crippen LogP contribution in [0, 0.1) is 0 Å². The second-order valence-corrected chi connectivity index (χ2v) is 5.38. The quantitative estimate of drug-likeness (QED) is 0.947. The fourth-order valence-electron chi connectivity index (χ4n) is 1.49. The number of carbonyl (C=O) groups excluding carboxylic acids is 1. The molecule has 0 saturated heterocycles. The summed E-state index contributed by atoms with van der Waals surface area (Å²) in [6.07, 6.45) is 1.45. The minimum Gasteiger partial charge on any atom is -0.321 e. The second-order valence-electron chi connectivity index (χ2n) is 3.91. The molecule has 1 N–H and O–H groups in total. The van der Waals surface area contributed by atoms with Gasteiger partial charge in [0, 0.05) is 16.8 Å². The Hall–Kier alpha value is -2.22. The lowest BCUT2D eigenvalue weighted by Crippen LogP contribution is -2.16. The van der Waals surface area contributed by atoms with Gasteiger partial charge in [0.15, 0.2) is 10.8 Å². The lowest BCUT2D eigenvalue weighted by molar-refractivity contribution is -0.0384. The fourth-order valence-corrected chi connectivity index (χ4v) is 2.14. The van der Waals surface area contributed by atoms with Crippen LogP contribution in [0.2, 0.25) is 0 Å². The second kappa shape index (κ2) is 6.04. The molecule has 1 amide bonds. The zero-order valence-electron chi connectivity index (χ0n) is 10.4. The van der Waals surface area contributed by atoms with E-state index in [0.717, 1.165) is 12.1 Å². The van der Waals surface area contributed by atoms with E-state index in [-0.39, 0.29) is 16.3 Å². The number of halogens is 3. The monoisotopic (exact) mass is 314 g/mol. The molecule has 1 atom stereocenters. The third-order valence-electron chi connectivity index (χ3n) is 2.43. The van der Waals surface area contributed by atoms with Crippen LogP contribution in [0.4, 0.5) is 18.9 Å². The lowest BCUT2D eigenvalue weighted by atomic mass is 10.3. The first-order chi connectivity index (χ1) is 9.88. The molecule has 1 heterocycles. The molecule has 0 aliphatic carbocycles. The van der Waals surface area contributed by atoms with Crippen LogP contribution in [0.3, 0.4) is 0 Å². The highest BCUT2D eigenvalue weighted by molar-refractivity contribution is 7.86. The average Bonchev–Trinajstić information content (AvgIpc) is 2.47. The predicted molar refractivity (Wildman–Crippen MR) is 71.1 cm³/mol. The summed E-state index contributed by atoms with van der Waals surface area (Å²) in [6.45, 7) is 0. The van der Waals surface area contributed by atoms with Crippen molar-refractivity contribution in [1.82, 2.24) is 4.98 Å². The molecular formula is C13H9F3N2O2S. The molecule has 0 aliphatic rings. The Bertz CT molecular complexity index is 657. The van der Waals surface area contributed by atoms with E-state index in [9.17, 15) is 22.2 Å². The van der Waals surface area contributed by atoms with Crippen LogP contribution in [-0.4, -0.2) is 20.6 Å². The van der Waals surface area contributed by atoms with Gasteiger partial charge in [0.05, 0.1) is 0 Å². The maximum absolute atomic E-state index is 12.3. The fraction of sp³-hybridized carbons (Fsp3) is 0.0769. The summed E-state index contributed by atoms with van der Waals surface area (Å²) < 4.78 is 48.0. The number of nitrogens with zero attached hydrogens (tertiary/aromatic N) is 1. The van der Waals surface area contributed by atoms with Crippen molar-refractivity contribution in [3.05, 3.63) is 54.4 Å². The number of pyridine rings is 1. The molecule has 4 nitrogen and oxygen atoms in total. The van der Waals surface area contributed by atoms with Gasteiger partial charge in [0.1, 0.15) is 5.69 Å². The first-order valence-electron chi connectivity index (χ1n) is 5.69. The van der Waals surface area contributed by atoms with Crippen molar-refractivity contribution in [2.75, 3.05) is 5.32 Å². The van der Waals surface area contributed by atoms with Crippen LogP contribution in [0.15, 0.2) is 53.6 Å². The molecule has 110 valence electrons. The summed E-state index contributed by atoms with van der Waals surface area (Å²) in [5, 5.41) is 2.48. The number of hydrogen-bond acceptors (Lipinski definition) is 3. The summed E-state index contributed by atoms with van der Waals surface area (Å²) in [5.41, 5.74) is -4.34. The van der Waals surface area contributed by atoms with Gasteiger partial charge < -0.3 is 5.32 Å². The van der Waals surface area contributed by atoms with Crippen molar-refractivity contribution >= 4 is 22.4 Å². The number of alkyl halides is 3. The topological polar surface area (TPSA) is 59.1 Å². The van der Waals surface area contributed by atoms with Crippen molar-refractivity contribution in [1.29, 1.82) is 0 Å². The van der Waals surface area contributed by atoms with E-state index in [1.54, 1.807) is 12.1 Å². The van der Waals surface area contributed by atoms with E-state index < -0.39 is 22.2 Å². The van der Waals surface area contributed by atoms with Crippen LogP contribution in [0.5, 0.6) is 0 Å². The van der Waals surface area contributed by atoms with E-state index in [0.29, 0.717) is 0 Å². The number of aromatic nitrogens is 1. The van der Waals surface area contributed by atoms with Crippen LogP contribution < -0.4 is 5.32 Å². The maximum atomic E-state index is 12.3. The van der Waals surface area contributed by atoms with Gasteiger partial charge in [-0.25, -0.2) is 4.21 Å².